The monoisotopic (exact) mass is 468 g/mol. The zero-order valence-electron chi connectivity index (χ0n) is 19.1. The van der Waals surface area contributed by atoms with E-state index < -0.39 is 0 Å². The van der Waals surface area contributed by atoms with Crippen LogP contribution in [0.3, 0.4) is 0 Å². The van der Waals surface area contributed by atoms with Crippen molar-refractivity contribution in [2.24, 2.45) is 0 Å². The number of ether oxygens (including phenoxy) is 3. The van der Waals surface area contributed by atoms with Gasteiger partial charge in [-0.3, -0.25) is 4.79 Å². The molecule has 0 heterocycles. The number of halogens is 1. The quantitative estimate of drug-likeness (QED) is 0.396. The summed E-state index contributed by atoms with van der Waals surface area (Å²) in [6.45, 7) is 5.43. The van der Waals surface area contributed by atoms with Crippen molar-refractivity contribution in [2.75, 3.05) is 25.6 Å². The van der Waals surface area contributed by atoms with Crippen LogP contribution < -0.4 is 24.8 Å². The Bertz CT molecular complexity index is 1050. The van der Waals surface area contributed by atoms with E-state index in [-0.39, 0.29) is 12.5 Å². The maximum atomic E-state index is 12.3. The summed E-state index contributed by atoms with van der Waals surface area (Å²) in [6.07, 6.45) is 0. The Labute approximate surface area is 199 Å². The first-order valence-electron chi connectivity index (χ1n) is 10.8. The van der Waals surface area contributed by atoms with E-state index in [1.165, 1.54) is 0 Å². The number of methoxy groups -OCH3 is 1. The van der Waals surface area contributed by atoms with Crippen molar-refractivity contribution in [1.29, 1.82) is 0 Å². The number of amides is 1. The van der Waals surface area contributed by atoms with Crippen LogP contribution in [0.5, 0.6) is 17.2 Å². The van der Waals surface area contributed by atoms with Gasteiger partial charge in [0.1, 0.15) is 5.75 Å². The Balaban J connectivity index is 1.59. The smallest absolute Gasteiger partial charge is 0.262 e. The molecule has 1 amide bonds. The van der Waals surface area contributed by atoms with Crippen molar-refractivity contribution < 1.29 is 19.0 Å². The molecule has 0 aromatic heterocycles. The van der Waals surface area contributed by atoms with Crippen LogP contribution in [0, 0.1) is 6.92 Å². The summed E-state index contributed by atoms with van der Waals surface area (Å²) >= 11 is 6.49. The Morgan fingerprint density at radius 1 is 0.939 bits per heavy atom. The van der Waals surface area contributed by atoms with Crippen molar-refractivity contribution in [3.05, 3.63) is 82.4 Å². The van der Waals surface area contributed by atoms with Gasteiger partial charge in [-0.1, -0.05) is 41.4 Å². The summed E-state index contributed by atoms with van der Waals surface area (Å²) in [5.41, 5.74) is 3.86. The Morgan fingerprint density at radius 2 is 1.64 bits per heavy atom. The van der Waals surface area contributed by atoms with Crippen LogP contribution in [-0.4, -0.2) is 26.2 Å². The Kier molecular flexibility index (Phi) is 8.98. The van der Waals surface area contributed by atoms with Gasteiger partial charge < -0.3 is 24.8 Å². The molecule has 0 radical (unpaired) electrons. The first-order chi connectivity index (χ1) is 16.0. The molecule has 0 aliphatic rings. The van der Waals surface area contributed by atoms with Crippen LogP contribution >= 0.6 is 11.6 Å². The van der Waals surface area contributed by atoms with E-state index in [1.807, 2.05) is 68.4 Å². The van der Waals surface area contributed by atoms with Gasteiger partial charge in [-0.15, -0.1) is 0 Å². The topological polar surface area (TPSA) is 68.8 Å². The molecule has 3 aromatic carbocycles. The Hall–Kier alpha value is -3.22. The first kappa shape index (κ1) is 24.4. The van der Waals surface area contributed by atoms with Crippen LogP contribution in [0.4, 0.5) is 5.69 Å². The number of carbonyl (C=O) groups excluding carboxylic acids is 1. The van der Waals surface area contributed by atoms with Crippen LogP contribution in [-0.2, 0) is 17.9 Å². The van der Waals surface area contributed by atoms with E-state index in [9.17, 15) is 4.79 Å². The van der Waals surface area contributed by atoms with Gasteiger partial charge in [0.15, 0.2) is 18.1 Å². The van der Waals surface area contributed by atoms with Crippen molar-refractivity contribution >= 4 is 23.2 Å². The second-order valence-corrected chi connectivity index (χ2v) is 7.89. The number of anilines is 1. The number of rotatable bonds is 11. The van der Waals surface area contributed by atoms with E-state index >= 15 is 0 Å². The predicted octanol–water partition coefficient (Wildman–Crippen LogP) is 5.36. The molecular formula is C26H29ClN2O4. The molecule has 0 spiro atoms. The third-order valence-electron chi connectivity index (χ3n) is 4.91. The van der Waals surface area contributed by atoms with Gasteiger partial charge >= 0.3 is 0 Å². The molecule has 174 valence electrons. The maximum Gasteiger partial charge on any atom is 0.262 e. The molecule has 6 nitrogen and oxygen atoms in total. The second-order valence-electron chi connectivity index (χ2n) is 7.48. The van der Waals surface area contributed by atoms with Crippen molar-refractivity contribution in [3.8, 4) is 17.2 Å². The van der Waals surface area contributed by atoms with E-state index in [4.69, 9.17) is 25.8 Å². The van der Waals surface area contributed by atoms with Gasteiger partial charge in [0.2, 0.25) is 0 Å². The molecule has 7 heteroatoms. The van der Waals surface area contributed by atoms with Crippen LogP contribution in [0.2, 0.25) is 5.02 Å². The van der Waals surface area contributed by atoms with Crippen LogP contribution in [0.15, 0.2) is 60.7 Å². The SMILES string of the molecule is CCOc1cc(CNCc2ccc(OC)cc2)c(Cl)cc1OCC(=O)Nc1ccc(C)cc1. The minimum atomic E-state index is -0.261. The lowest BCUT2D eigenvalue weighted by Crippen LogP contribution is -2.20. The zero-order chi connectivity index (χ0) is 23.6. The molecule has 0 aliphatic carbocycles. The van der Waals surface area contributed by atoms with Gasteiger partial charge in [0.05, 0.1) is 13.7 Å². The highest BCUT2D eigenvalue weighted by Gasteiger charge is 2.13. The van der Waals surface area contributed by atoms with E-state index in [1.54, 1.807) is 13.2 Å². The lowest BCUT2D eigenvalue weighted by molar-refractivity contribution is -0.118. The standard InChI is InChI=1S/C26H29ClN2O4/c1-4-32-24-13-20(16-28-15-19-7-11-22(31-3)12-8-19)23(27)14-25(24)33-17-26(30)29-21-9-5-18(2)6-10-21/h5-14,28H,4,15-17H2,1-3H3,(H,29,30). The molecule has 0 saturated heterocycles. The fourth-order valence-electron chi connectivity index (χ4n) is 3.16. The normalized spacial score (nSPS) is 10.5. The average Bonchev–Trinajstić information content (AvgIpc) is 2.82. The second kappa shape index (κ2) is 12.1. The summed E-state index contributed by atoms with van der Waals surface area (Å²) in [5, 5.41) is 6.73. The molecule has 0 fully saturated rings. The number of aryl methyl sites for hydroxylation is 1. The summed E-state index contributed by atoms with van der Waals surface area (Å²) < 4.78 is 16.6. The molecule has 0 unspecified atom stereocenters. The highest BCUT2D eigenvalue weighted by atomic mass is 35.5. The molecule has 0 aliphatic heterocycles. The minimum absolute atomic E-state index is 0.153. The molecule has 0 bridgehead atoms. The van der Waals surface area contributed by atoms with Crippen molar-refractivity contribution in [1.82, 2.24) is 5.32 Å². The maximum absolute atomic E-state index is 12.3. The predicted molar refractivity (Wildman–Crippen MR) is 131 cm³/mol. The molecule has 3 rings (SSSR count). The van der Waals surface area contributed by atoms with Gasteiger partial charge in [0, 0.05) is 29.9 Å². The molecular weight excluding hydrogens is 440 g/mol. The van der Waals surface area contributed by atoms with Gasteiger partial charge in [-0.2, -0.15) is 0 Å². The van der Waals surface area contributed by atoms with E-state index in [0.29, 0.717) is 36.2 Å². The average molecular weight is 469 g/mol. The molecule has 0 atom stereocenters. The van der Waals surface area contributed by atoms with Crippen molar-refractivity contribution in [2.45, 2.75) is 26.9 Å². The molecule has 33 heavy (non-hydrogen) atoms. The molecule has 2 N–H and O–H groups in total. The van der Waals surface area contributed by atoms with E-state index in [0.717, 1.165) is 28.1 Å². The lowest BCUT2D eigenvalue weighted by atomic mass is 10.1. The van der Waals surface area contributed by atoms with E-state index in [2.05, 4.69) is 10.6 Å². The first-order valence-corrected chi connectivity index (χ1v) is 11.1. The van der Waals surface area contributed by atoms with Crippen LogP contribution in [0.1, 0.15) is 23.6 Å². The van der Waals surface area contributed by atoms with Crippen molar-refractivity contribution in [3.63, 3.8) is 0 Å². The van der Waals surface area contributed by atoms with Gasteiger partial charge in [-0.25, -0.2) is 0 Å². The number of hydrogen-bond acceptors (Lipinski definition) is 5. The number of hydrogen-bond donors (Lipinski definition) is 2. The fraction of sp³-hybridized carbons (Fsp3) is 0.269. The molecule has 0 saturated carbocycles. The highest BCUT2D eigenvalue weighted by molar-refractivity contribution is 6.31. The third-order valence-corrected chi connectivity index (χ3v) is 5.26. The van der Waals surface area contributed by atoms with Gasteiger partial charge in [-0.05, 0) is 55.3 Å². The largest absolute Gasteiger partial charge is 0.497 e. The van der Waals surface area contributed by atoms with Gasteiger partial charge in [0.25, 0.3) is 5.91 Å². The zero-order valence-corrected chi connectivity index (χ0v) is 19.9. The number of benzene rings is 3. The fourth-order valence-corrected chi connectivity index (χ4v) is 3.38. The lowest BCUT2D eigenvalue weighted by Gasteiger charge is -2.15. The van der Waals surface area contributed by atoms with Crippen LogP contribution in [0.25, 0.3) is 0 Å². The summed E-state index contributed by atoms with van der Waals surface area (Å²) in [7, 11) is 1.65. The summed E-state index contributed by atoms with van der Waals surface area (Å²) in [6, 6.07) is 19.0. The number of nitrogens with one attached hydrogen (secondary N) is 2. The number of carbonyl (C=O) groups is 1. The minimum Gasteiger partial charge on any atom is -0.497 e. The third kappa shape index (κ3) is 7.41. The summed E-state index contributed by atoms with van der Waals surface area (Å²) in [5.74, 6) is 1.54. The molecule has 3 aromatic rings. The summed E-state index contributed by atoms with van der Waals surface area (Å²) in [4.78, 5) is 12.3. The highest BCUT2D eigenvalue weighted by Crippen LogP contribution is 2.34. The Morgan fingerprint density at radius 3 is 2.30 bits per heavy atom.